The van der Waals surface area contributed by atoms with Crippen molar-refractivity contribution in [3.05, 3.63) is 42.1 Å². The van der Waals surface area contributed by atoms with E-state index < -0.39 is 12.3 Å². The highest BCUT2D eigenvalue weighted by Gasteiger charge is 2.28. The lowest BCUT2D eigenvalue weighted by Crippen LogP contribution is -2.39. The molecule has 1 aromatic carbocycles. The number of benzene rings is 1. The fourth-order valence-corrected chi connectivity index (χ4v) is 3.06. The lowest BCUT2D eigenvalue weighted by atomic mass is 10.1. The molecule has 0 radical (unpaired) electrons. The molecule has 1 unspecified atom stereocenters. The monoisotopic (exact) mass is 362 g/mol. The molecule has 26 heavy (non-hydrogen) atoms. The molecule has 1 saturated heterocycles. The van der Waals surface area contributed by atoms with Gasteiger partial charge in [0.2, 0.25) is 12.3 Å². The number of nitrogens with one attached hydrogen (secondary N) is 2. The number of halogens is 2. The topological polar surface area (TPSA) is 78.1 Å². The first-order valence-corrected chi connectivity index (χ1v) is 8.48. The van der Waals surface area contributed by atoms with Crippen molar-refractivity contribution in [3.63, 3.8) is 0 Å². The third-order valence-corrected chi connectivity index (χ3v) is 4.44. The lowest BCUT2D eigenvalue weighted by molar-refractivity contribution is -0.129. The van der Waals surface area contributed by atoms with E-state index in [9.17, 15) is 18.4 Å². The summed E-state index contributed by atoms with van der Waals surface area (Å²) >= 11 is 0. The van der Waals surface area contributed by atoms with Crippen LogP contribution >= 0.6 is 0 Å². The minimum atomic E-state index is -2.35. The van der Waals surface area contributed by atoms with Crippen molar-refractivity contribution in [1.29, 1.82) is 0 Å². The predicted molar refractivity (Wildman–Crippen MR) is 91.7 cm³/mol. The fraction of sp³-hybridized carbons (Fsp3) is 0.389. The third-order valence-electron chi connectivity index (χ3n) is 4.44. The summed E-state index contributed by atoms with van der Waals surface area (Å²) in [5, 5.41) is 9.30. The lowest BCUT2D eigenvalue weighted by Gasteiger charge is -2.16. The molecule has 0 saturated carbocycles. The van der Waals surface area contributed by atoms with Crippen LogP contribution < -0.4 is 5.32 Å². The summed E-state index contributed by atoms with van der Waals surface area (Å²) in [4.78, 5) is 25.8. The Hall–Kier alpha value is -2.77. The molecule has 1 aromatic heterocycles. The Morgan fingerprint density at radius 2 is 2.08 bits per heavy atom. The molecule has 1 aliphatic heterocycles. The van der Waals surface area contributed by atoms with Gasteiger partial charge in [-0.2, -0.15) is 5.10 Å². The highest BCUT2D eigenvalue weighted by Crippen LogP contribution is 2.22. The number of H-pyrrole nitrogens is 1. The normalized spacial score (nSPS) is 16.9. The van der Waals surface area contributed by atoms with Crippen molar-refractivity contribution < 1.29 is 18.4 Å². The number of hydrogen-bond acceptors (Lipinski definition) is 3. The summed E-state index contributed by atoms with van der Waals surface area (Å²) in [6, 6.07) is 11.0. The van der Waals surface area contributed by atoms with Crippen LogP contribution in [0.1, 0.15) is 23.3 Å². The second kappa shape index (κ2) is 8.07. The number of aromatic amines is 1. The molecule has 8 heteroatoms. The number of aromatic nitrogens is 2. The summed E-state index contributed by atoms with van der Waals surface area (Å²) in [7, 11) is 0. The Bertz CT molecular complexity index is 764. The second-order valence-corrected chi connectivity index (χ2v) is 6.34. The van der Waals surface area contributed by atoms with E-state index in [1.54, 1.807) is 6.07 Å². The number of alkyl halides is 2. The number of hydrogen-bond donors (Lipinski definition) is 2. The largest absolute Gasteiger partial charge is 0.342 e. The molecule has 2 aromatic rings. The van der Waals surface area contributed by atoms with E-state index in [1.165, 1.54) is 4.90 Å². The quantitative estimate of drug-likeness (QED) is 0.828. The first kappa shape index (κ1) is 18.0. The van der Waals surface area contributed by atoms with Crippen LogP contribution in [-0.2, 0) is 4.79 Å². The molecule has 1 aliphatic rings. The molecule has 0 bridgehead atoms. The van der Waals surface area contributed by atoms with Crippen LogP contribution in [0.2, 0.25) is 0 Å². The van der Waals surface area contributed by atoms with Gasteiger partial charge in [-0.1, -0.05) is 30.3 Å². The zero-order valence-electron chi connectivity index (χ0n) is 14.1. The first-order valence-electron chi connectivity index (χ1n) is 8.48. The van der Waals surface area contributed by atoms with Crippen LogP contribution in [0, 0.1) is 5.92 Å². The number of rotatable bonds is 6. The van der Waals surface area contributed by atoms with Gasteiger partial charge in [-0.05, 0) is 18.4 Å². The summed E-state index contributed by atoms with van der Waals surface area (Å²) in [6.45, 7) is 0.607. The smallest absolute Gasteiger partial charge is 0.269 e. The second-order valence-electron chi connectivity index (χ2n) is 6.34. The number of carbonyl (C=O) groups is 2. The maximum atomic E-state index is 12.4. The van der Waals surface area contributed by atoms with Gasteiger partial charge in [0.25, 0.3) is 5.91 Å². The van der Waals surface area contributed by atoms with Gasteiger partial charge in [-0.25, -0.2) is 8.78 Å². The van der Waals surface area contributed by atoms with E-state index in [-0.39, 0.29) is 30.5 Å². The molecule has 3 rings (SSSR count). The average Bonchev–Trinajstić information content (AvgIpc) is 3.29. The minimum Gasteiger partial charge on any atom is -0.342 e. The van der Waals surface area contributed by atoms with Gasteiger partial charge in [0.15, 0.2) is 0 Å². The van der Waals surface area contributed by atoms with Gasteiger partial charge in [0, 0.05) is 25.1 Å². The zero-order chi connectivity index (χ0) is 18.5. The van der Waals surface area contributed by atoms with Gasteiger partial charge in [-0.3, -0.25) is 14.7 Å². The van der Waals surface area contributed by atoms with Crippen molar-refractivity contribution in [2.75, 3.05) is 19.6 Å². The van der Waals surface area contributed by atoms with Crippen LogP contribution in [0.3, 0.4) is 0 Å². The van der Waals surface area contributed by atoms with E-state index in [1.807, 2.05) is 30.3 Å². The Morgan fingerprint density at radius 1 is 1.31 bits per heavy atom. The molecular weight excluding hydrogens is 342 g/mol. The van der Waals surface area contributed by atoms with Crippen LogP contribution in [0.15, 0.2) is 36.4 Å². The molecule has 2 N–H and O–H groups in total. The van der Waals surface area contributed by atoms with E-state index in [4.69, 9.17) is 0 Å². The minimum absolute atomic E-state index is 0.167. The Labute approximate surface area is 149 Å². The predicted octanol–water partition coefficient (Wildman–Crippen LogP) is 2.31. The highest BCUT2D eigenvalue weighted by molar-refractivity contribution is 5.95. The Kier molecular flexibility index (Phi) is 5.60. The van der Waals surface area contributed by atoms with Crippen LogP contribution in [0.25, 0.3) is 11.3 Å². The summed E-state index contributed by atoms with van der Waals surface area (Å²) in [5.74, 6) is -0.870. The summed E-state index contributed by atoms with van der Waals surface area (Å²) < 4.78 is 24.8. The maximum Gasteiger partial charge on any atom is 0.269 e. The Balaban J connectivity index is 1.50. The molecule has 6 nitrogen and oxygen atoms in total. The van der Waals surface area contributed by atoms with Gasteiger partial charge >= 0.3 is 0 Å². The molecular formula is C18H20F2N4O2. The van der Waals surface area contributed by atoms with Gasteiger partial charge < -0.3 is 10.2 Å². The maximum absolute atomic E-state index is 12.4. The highest BCUT2D eigenvalue weighted by atomic mass is 19.3. The van der Waals surface area contributed by atoms with Gasteiger partial charge in [0.05, 0.1) is 12.2 Å². The molecule has 2 heterocycles. The summed E-state index contributed by atoms with van der Waals surface area (Å²) in [6.07, 6.45) is -1.97. The summed E-state index contributed by atoms with van der Waals surface area (Å²) in [5.41, 5.74) is 1.77. The Morgan fingerprint density at radius 3 is 2.81 bits per heavy atom. The van der Waals surface area contributed by atoms with Crippen molar-refractivity contribution in [1.82, 2.24) is 20.4 Å². The van der Waals surface area contributed by atoms with Crippen LogP contribution in [0.5, 0.6) is 0 Å². The third kappa shape index (κ3) is 4.44. The molecule has 138 valence electrons. The van der Waals surface area contributed by atoms with Crippen LogP contribution in [0.4, 0.5) is 8.78 Å². The van der Waals surface area contributed by atoms with Crippen molar-refractivity contribution in [2.45, 2.75) is 19.3 Å². The average molecular weight is 362 g/mol. The SMILES string of the molecule is O=C(NCC(=O)N1CCC(CC(F)F)C1)c1cc(-c2ccccc2)n[nH]1. The van der Waals surface area contributed by atoms with E-state index >= 15 is 0 Å². The molecule has 2 amide bonds. The molecule has 1 fully saturated rings. The molecule has 1 atom stereocenters. The first-order chi connectivity index (χ1) is 12.5. The molecule has 0 spiro atoms. The molecule has 0 aliphatic carbocycles. The van der Waals surface area contributed by atoms with Crippen LogP contribution in [-0.4, -0.2) is 53.0 Å². The number of amides is 2. The van der Waals surface area contributed by atoms with Gasteiger partial charge in [-0.15, -0.1) is 0 Å². The standard InChI is InChI=1S/C18H20F2N4O2/c19-16(20)8-12-6-7-24(11-12)17(25)10-21-18(26)15-9-14(22-23-15)13-4-2-1-3-5-13/h1-5,9,12,16H,6-8,10-11H2,(H,21,26)(H,22,23). The fourth-order valence-electron chi connectivity index (χ4n) is 3.06. The van der Waals surface area contributed by atoms with E-state index in [0.717, 1.165) is 5.56 Å². The number of carbonyl (C=O) groups excluding carboxylic acids is 2. The number of likely N-dealkylation sites (tertiary alicyclic amines) is 1. The number of nitrogens with zero attached hydrogens (tertiary/aromatic N) is 2. The van der Waals surface area contributed by atoms with Crippen molar-refractivity contribution >= 4 is 11.8 Å². The zero-order valence-corrected chi connectivity index (χ0v) is 14.1. The van der Waals surface area contributed by atoms with Crippen molar-refractivity contribution in [3.8, 4) is 11.3 Å². The van der Waals surface area contributed by atoms with Crippen molar-refractivity contribution in [2.24, 2.45) is 5.92 Å². The van der Waals surface area contributed by atoms with Gasteiger partial charge in [0.1, 0.15) is 5.69 Å². The van der Waals surface area contributed by atoms with E-state index in [0.29, 0.717) is 25.2 Å². The van der Waals surface area contributed by atoms with E-state index in [2.05, 4.69) is 15.5 Å².